The molecule has 38 heavy (non-hydrogen) atoms. The molecule has 0 radical (unpaired) electrons. The Morgan fingerprint density at radius 2 is 1.39 bits per heavy atom. The number of ketones is 1. The van der Waals surface area contributed by atoms with Gasteiger partial charge >= 0.3 is 18.4 Å². The zero-order valence-corrected chi connectivity index (χ0v) is 19.5. The zero-order chi connectivity index (χ0) is 29.1. The number of hydrogen-bond donors (Lipinski definition) is 1. The van der Waals surface area contributed by atoms with Gasteiger partial charge in [0.25, 0.3) is 11.3 Å². The van der Waals surface area contributed by atoms with Crippen LogP contribution in [0, 0.1) is 17.2 Å². The summed E-state index contributed by atoms with van der Waals surface area (Å²) in [6.07, 6.45) is -14.3. The summed E-state index contributed by atoms with van der Waals surface area (Å²) in [6.45, 7) is 0. The molecule has 1 N–H and O–H groups in total. The summed E-state index contributed by atoms with van der Waals surface area (Å²) in [5.41, 5.74) is -9.39. The maximum Gasteiger partial charge on any atom is 0.444 e. The number of Topliss-reactive ketones (excluding diaryl/α,β-unsaturated/α-hetero) is 1. The molecule has 6 nitrogen and oxygen atoms in total. The second-order valence-electron chi connectivity index (χ2n) is 7.08. The van der Waals surface area contributed by atoms with E-state index < -0.39 is 69.9 Å². The number of benzene rings is 2. The average Bonchev–Trinajstić information content (AvgIpc) is 2.78. The fraction of sp³-hybridized carbons (Fsp3) is 0.286. The van der Waals surface area contributed by atoms with E-state index in [2.05, 4.69) is 32.7 Å². The first-order valence-corrected chi connectivity index (χ1v) is 10.5. The van der Waals surface area contributed by atoms with E-state index in [-0.39, 0.29) is 11.8 Å². The van der Waals surface area contributed by atoms with E-state index in [1.807, 2.05) is 5.32 Å². The number of nitrogens with one attached hydrogen (secondary N) is 1. The van der Waals surface area contributed by atoms with Crippen molar-refractivity contribution in [3.8, 4) is 17.6 Å². The maximum absolute atomic E-state index is 13.8. The summed E-state index contributed by atoms with van der Waals surface area (Å²) in [5, 5.41) is 11.3. The van der Waals surface area contributed by atoms with Crippen molar-refractivity contribution in [2.75, 3.05) is 5.32 Å². The number of carbonyl (C=O) groups excluding carboxylic acids is 2. The highest BCUT2D eigenvalue weighted by atomic mass is 35.5. The number of nitriles is 1. The zero-order valence-electron chi connectivity index (χ0n) is 18.0. The first kappa shape index (κ1) is 30.8. The summed E-state index contributed by atoms with van der Waals surface area (Å²) >= 11 is 9.31. The summed E-state index contributed by atoms with van der Waals surface area (Å²) in [7, 11) is 0. The van der Waals surface area contributed by atoms with Crippen molar-refractivity contribution in [1.82, 2.24) is 0 Å². The van der Waals surface area contributed by atoms with Crippen LogP contribution in [0.3, 0.4) is 0 Å². The van der Waals surface area contributed by atoms with Crippen molar-refractivity contribution in [3.05, 3.63) is 53.6 Å². The molecule has 206 valence electrons. The number of amides is 1. The number of carbonyl (C=O) groups is 2. The third-order valence-electron chi connectivity index (χ3n) is 4.36. The standard InChI is InChI=1S/C21H11Cl2F9N2O4/c22-17(24)20(29,30)37-11-5-6-12(14(7-11)38-21(31,32)18(23)25)15(35)13(8-33)16(36)34-10-3-1-9(2-4-10)19(26,27)28/h1-7,13,17-18H,(H,34,36). The van der Waals surface area contributed by atoms with Gasteiger partial charge in [-0.3, -0.25) is 9.59 Å². The molecule has 0 saturated heterocycles. The molecule has 0 spiro atoms. The largest absolute Gasteiger partial charge is 0.444 e. The lowest BCUT2D eigenvalue weighted by Crippen LogP contribution is -2.35. The van der Waals surface area contributed by atoms with Gasteiger partial charge in [0.1, 0.15) is 11.5 Å². The molecule has 0 aliphatic carbocycles. The Hall–Kier alpha value is -3.38. The van der Waals surface area contributed by atoms with Crippen LogP contribution in [0.25, 0.3) is 0 Å². The van der Waals surface area contributed by atoms with Gasteiger partial charge in [-0.2, -0.15) is 36.0 Å². The summed E-state index contributed by atoms with van der Waals surface area (Å²) < 4.78 is 126. The van der Waals surface area contributed by atoms with E-state index in [9.17, 15) is 54.4 Å². The van der Waals surface area contributed by atoms with Gasteiger partial charge in [-0.1, -0.05) is 23.2 Å². The van der Waals surface area contributed by atoms with Crippen LogP contribution < -0.4 is 14.8 Å². The Balaban J connectivity index is 2.41. The van der Waals surface area contributed by atoms with Crippen LogP contribution in [0.4, 0.5) is 45.2 Å². The quantitative estimate of drug-likeness (QED) is 0.143. The number of ether oxygens (including phenoxy) is 2. The SMILES string of the molecule is N#CC(C(=O)Nc1ccc(C(F)(F)F)cc1)C(=O)c1ccc(OC(F)(F)C(F)Cl)cc1OC(F)(F)C(F)Cl. The minimum atomic E-state index is -4.89. The molecule has 2 rings (SSSR count). The number of rotatable bonds is 10. The molecule has 0 fully saturated rings. The van der Waals surface area contributed by atoms with Crippen molar-refractivity contribution >= 4 is 40.6 Å². The van der Waals surface area contributed by atoms with Crippen LogP contribution in [0.5, 0.6) is 11.5 Å². The molecular weight excluding hydrogens is 586 g/mol. The first-order chi connectivity index (χ1) is 17.4. The van der Waals surface area contributed by atoms with E-state index in [1.165, 1.54) is 6.07 Å². The fourth-order valence-electron chi connectivity index (χ4n) is 2.60. The second kappa shape index (κ2) is 11.6. The highest BCUT2D eigenvalue weighted by Gasteiger charge is 2.45. The van der Waals surface area contributed by atoms with Gasteiger partial charge in [0, 0.05) is 11.8 Å². The Morgan fingerprint density at radius 3 is 1.87 bits per heavy atom. The lowest BCUT2D eigenvalue weighted by Gasteiger charge is -2.22. The molecule has 0 saturated carbocycles. The minimum absolute atomic E-state index is 0.162. The van der Waals surface area contributed by atoms with Crippen LogP contribution in [0.1, 0.15) is 15.9 Å². The number of alkyl halides is 11. The van der Waals surface area contributed by atoms with Crippen LogP contribution in [-0.2, 0) is 11.0 Å². The number of anilines is 1. The molecule has 1 amide bonds. The summed E-state index contributed by atoms with van der Waals surface area (Å²) in [4.78, 5) is 25.3. The van der Waals surface area contributed by atoms with E-state index in [4.69, 9.17) is 0 Å². The van der Waals surface area contributed by atoms with Crippen molar-refractivity contribution in [1.29, 1.82) is 5.26 Å². The number of halogens is 11. The summed E-state index contributed by atoms with van der Waals surface area (Å²) in [6, 6.07) is 5.08. The normalized spacial score (nSPS) is 14.6. The molecule has 0 bridgehead atoms. The van der Waals surface area contributed by atoms with Gasteiger partial charge in [-0.15, -0.1) is 0 Å². The van der Waals surface area contributed by atoms with Gasteiger partial charge in [-0.05, 0) is 36.4 Å². The van der Waals surface area contributed by atoms with Crippen molar-refractivity contribution in [2.45, 2.75) is 29.7 Å². The summed E-state index contributed by atoms with van der Waals surface area (Å²) in [5.74, 6) is -7.93. The van der Waals surface area contributed by atoms with Gasteiger partial charge in [0.2, 0.25) is 5.91 Å². The molecule has 0 aliphatic rings. The van der Waals surface area contributed by atoms with Gasteiger partial charge in [0.05, 0.1) is 17.2 Å². The van der Waals surface area contributed by atoms with Crippen LogP contribution in [-0.4, -0.2) is 35.2 Å². The van der Waals surface area contributed by atoms with E-state index in [1.54, 1.807) is 0 Å². The highest BCUT2D eigenvalue weighted by Crippen LogP contribution is 2.37. The van der Waals surface area contributed by atoms with Crippen LogP contribution >= 0.6 is 23.2 Å². The molecule has 0 aromatic heterocycles. The Kier molecular flexibility index (Phi) is 9.39. The Bertz CT molecular complexity index is 1220. The lowest BCUT2D eigenvalue weighted by atomic mass is 9.97. The smallest absolute Gasteiger partial charge is 0.429 e. The monoisotopic (exact) mass is 596 g/mol. The third kappa shape index (κ3) is 7.57. The molecule has 0 heterocycles. The van der Waals surface area contributed by atoms with E-state index >= 15 is 0 Å². The molecule has 3 unspecified atom stereocenters. The first-order valence-electron chi connectivity index (χ1n) is 9.65. The van der Waals surface area contributed by atoms with E-state index in [0.29, 0.717) is 24.3 Å². The van der Waals surface area contributed by atoms with Gasteiger partial charge in [0.15, 0.2) is 11.7 Å². The Labute approximate surface area is 216 Å². The van der Waals surface area contributed by atoms with Crippen LogP contribution in [0.2, 0.25) is 0 Å². The maximum atomic E-state index is 13.8. The topological polar surface area (TPSA) is 88.4 Å². The van der Waals surface area contributed by atoms with Crippen LogP contribution in [0.15, 0.2) is 42.5 Å². The predicted molar refractivity (Wildman–Crippen MR) is 113 cm³/mol. The van der Waals surface area contributed by atoms with Gasteiger partial charge in [-0.25, -0.2) is 8.78 Å². The molecule has 2 aromatic carbocycles. The fourth-order valence-corrected chi connectivity index (χ4v) is 2.68. The minimum Gasteiger partial charge on any atom is -0.429 e. The lowest BCUT2D eigenvalue weighted by molar-refractivity contribution is -0.202. The molecule has 3 atom stereocenters. The molecule has 0 aliphatic heterocycles. The number of hydrogen-bond acceptors (Lipinski definition) is 5. The second-order valence-corrected chi connectivity index (χ2v) is 7.84. The Morgan fingerprint density at radius 1 is 0.868 bits per heavy atom. The van der Waals surface area contributed by atoms with Crippen molar-refractivity contribution < 1.29 is 58.6 Å². The van der Waals surface area contributed by atoms with Crippen molar-refractivity contribution in [2.24, 2.45) is 5.92 Å². The van der Waals surface area contributed by atoms with E-state index in [0.717, 1.165) is 12.1 Å². The third-order valence-corrected chi connectivity index (χ3v) is 4.87. The molecular formula is C21H11Cl2F9N2O4. The average molecular weight is 597 g/mol. The van der Waals surface area contributed by atoms with Crippen molar-refractivity contribution in [3.63, 3.8) is 0 Å². The predicted octanol–water partition coefficient (Wildman–Crippen LogP) is 6.68. The number of nitrogens with zero attached hydrogens (tertiary/aromatic N) is 1. The highest BCUT2D eigenvalue weighted by molar-refractivity contribution is 6.20. The molecule has 17 heteroatoms. The molecule has 2 aromatic rings. The van der Waals surface area contributed by atoms with Gasteiger partial charge < -0.3 is 14.8 Å².